The Morgan fingerprint density at radius 3 is 2.53 bits per heavy atom. The maximum atomic E-state index is 5.62. The first-order chi connectivity index (χ1) is 9.24. The van der Waals surface area contributed by atoms with Crippen molar-refractivity contribution in [1.82, 2.24) is 0 Å². The normalized spacial score (nSPS) is 12.2. The van der Waals surface area contributed by atoms with Gasteiger partial charge in [-0.15, -0.1) is 0 Å². The minimum Gasteiger partial charge on any atom is -0.496 e. The molecule has 2 nitrogen and oxygen atoms in total. The molecule has 106 valence electrons. The summed E-state index contributed by atoms with van der Waals surface area (Å²) in [5.74, 6) is 0.865. The van der Waals surface area contributed by atoms with E-state index < -0.39 is 0 Å². The Morgan fingerprint density at radius 2 is 1.89 bits per heavy atom. The van der Waals surface area contributed by atoms with Crippen LogP contribution in [0.25, 0.3) is 0 Å². The van der Waals surface area contributed by atoms with E-state index >= 15 is 0 Å². The van der Waals surface area contributed by atoms with Gasteiger partial charge in [-0.2, -0.15) is 0 Å². The molecule has 1 aromatic carbocycles. The molecule has 0 aromatic heterocycles. The highest BCUT2D eigenvalue weighted by Gasteiger charge is 2.17. The summed E-state index contributed by atoms with van der Waals surface area (Å²) in [6.45, 7) is 6.42. The summed E-state index contributed by atoms with van der Waals surface area (Å²) >= 11 is 0. The first-order valence-corrected chi connectivity index (χ1v) is 7.08. The van der Waals surface area contributed by atoms with E-state index in [-0.39, 0.29) is 6.10 Å². The van der Waals surface area contributed by atoms with E-state index in [9.17, 15) is 0 Å². The minimum absolute atomic E-state index is 0.0715. The van der Waals surface area contributed by atoms with Crippen molar-refractivity contribution < 1.29 is 9.47 Å². The van der Waals surface area contributed by atoms with Gasteiger partial charge in [0.15, 0.2) is 0 Å². The number of hydrogen-bond acceptors (Lipinski definition) is 2. The molecular weight excluding hydrogens is 236 g/mol. The number of hydrogen-bond donors (Lipinski definition) is 0. The van der Waals surface area contributed by atoms with Crippen LogP contribution in [0.1, 0.15) is 50.7 Å². The Hall–Kier alpha value is -1.28. The van der Waals surface area contributed by atoms with E-state index in [0.717, 1.165) is 23.3 Å². The monoisotopic (exact) mass is 262 g/mol. The quantitative estimate of drug-likeness (QED) is 0.465. The summed E-state index contributed by atoms with van der Waals surface area (Å²) in [7, 11) is 3.42. The van der Waals surface area contributed by atoms with E-state index in [1.807, 2.05) is 24.3 Å². The molecule has 0 saturated heterocycles. The Labute approximate surface area is 117 Å². The first-order valence-electron chi connectivity index (χ1n) is 7.08. The SMILES string of the molecule is C=C(CCCCCC)C(OC)c1ccccc1OC. The van der Waals surface area contributed by atoms with E-state index in [1.54, 1.807) is 14.2 Å². The molecule has 1 atom stereocenters. The topological polar surface area (TPSA) is 18.5 Å². The number of methoxy groups -OCH3 is 2. The molecule has 1 aromatic rings. The third-order valence-electron chi connectivity index (χ3n) is 3.38. The third-order valence-corrected chi connectivity index (χ3v) is 3.38. The lowest BCUT2D eigenvalue weighted by atomic mass is 9.97. The van der Waals surface area contributed by atoms with Gasteiger partial charge in [-0.05, 0) is 24.5 Å². The maximum absolute atomic E-state index is 5.62. The van der Waals surface area contributed by atoms with Crippen LogP contribution in [0, 0.1) is 0 Å². The van der Waals surface area contributed by atoms with Gasteiger partial charge in [0.05, 0.1) is 7.11 Å². The fraction of sp³-hybridized carbons (Fsp3) is 0.529. The molecule has 1 rings (SSSR count). The van der Waals surface area contributed by atoms with Crippen LogP contribution in [0.5, 0.6) is 5.75 Å². The molecule has 0 fully saturated rings. The predicted octanol–water partition coefficient (Wildman–Crippen LogP) is 4.91. The molecule has 0 spiro atoms. The molecule has 0 aliphatic heterocycles. The van der Waals surface area contributed by atoms with Crippen molar-refractivity contribution >= 4 is 0 Å². The average molecular weight is 262 g/mol. The lowest BCUT2D eigenvalue weighted by molar-refractivity contribution is 0.127. The minimum atomic E-state index is -0.0715. The van der Waals surface area contributed by atoms with E-state index in [0.29, 0.717) is 0 Å². The van der Waals surface area contributed by atoms with Gasteiger partial charge >= 0.3 is 0 Å². The van der Waals surface area contributed by atoms with Gasteiger partial charge in [-0.3, -0.25) is 0 Å². The van der Waals surface area contributed by atoms with Crippen molar-refractivity contribution in [3.63, 3.8) is 0 Å². The van der Waals surface area contributed by atoms with Crippen LogP contribution in [0.2, 0.25) is 0 Å². The number of ether oxygens (including phenoxy) is 2. The molecule has 1 unspecified atom stereocenters. The summed E-state index contributed by atoms with van der Waals surface area (Å²) in [5.41, 5.74) is 2.19. The van der Waals surface area contributed by atoms with Crippen molar-refractivity contribution in [2.45, 2.75) is 45.1 Å². The standard InChI is InChI=1S/C17H26O2/c1-5-6-7-8-11-14(2)17(19-4)15-12-9-10-13-16(15)18-3/h9-10,12-13,17H,2,5-8,11H2,1,3-4H3. The highest BCUT2D eigenvalue weighted by atomic mass is 16.5. The van der Waals surface area contributed by atoms with Gasteiger partial charge < -0.3 is 9.47 Å². The van der Waals surface area contributed by atoms with Gasteiger partial charge in [0.25, 0.3) is 0 Å². The molecule has 2 heteroatoms. The zero-order valence-corrected chi connectivity index (χ0v) is 12.4. The number of para-hydroxylation sites is 1. The lowest BCUT2D eigenvalue weighted by Gasteiger charge is -2.20. The smallest absolute Gasteiger partial charge is 0.125 e. The Kier molecular flexibility index (Phi) is 7.27. The summed E-state index contributed by atoms with van der Waals surface area (Å²) in [4.78, 5) is 0. The second-order valence-electron chi connectivity index (χ2n) is 4.83. The highest BCUT2D eigenvalue weighted by molar-refractivity contribution is 5.38. The molecule has 0 N–H and O–H groups in total. The van der Waals surface area contributed by atoms with Crippen molar-refractivity contribution in [2.75, 3.05) is 14.2 Å². The van der Waals surface area contributed by atoms with Gasteiger partial charge in [0.1, 0.15) is 11.9 Å². The van der Waals surface area contributed by atoms with Gasteiger partial charge in [0, 0.05) is 12.7 Å². The fourth-order valence-electron chi connectivity index (χ4n) is 2.31. The summed E-state index contributed by atoms with van der Waals surface area (Å²) < 4.78 is 11.0. The van der Waals surface area contributed by atoms with E-state index in [2.05, 4.69) is 13.5 Å². The maximum Gasteiger partial charge on any atom is 0.125 e. The Balaban J connectivity index is 2.68. The van der Waals surface area contributed by atoms with Crippen molar-refractivity contribution in [3.05, 3.63) is 42.0 Å². The first kappa shape index (κ1) is 15.8. The average Bonchev–Trinajstić information content (AvgIpc) is 2.45. The molecule has 0 saturated carbocycles. The van der Waals surface area contributed by atoms with Crippen LogP contribution in [0.3, 0.4) is 0 Å². The number of benzene rings is 1. The van der Waals surface area contributed by atoms with E-state index in [1.165, 1.54) is 25.7 Å². The molecular formula is C17H26O2. The third kappa shape index (κ3) is 4.71. The van der Waals surface area contributed by atoms with E-state index in [4.69, 9.17) is 9.47 Å². The van der Waals surface area contributed by atoms with Crippen LogP contribution < -0.4 is 4.74 Å². The van der Waals surface area contributed by atoms with Gasteiger partial charge in [0.2, 0.25) is 0 Å². The summed E-state index contributed by atoms with van der Waals surface area (Å²) in [5, 5.41) is 0. The van der Waals surface area contributed by atoms with Crippen molar-refractivity contribution in [2.24, 2.45) is 0 Å². The number of unbranched alkanes of at least 4 members (excludes halogenated alkanes) is 3. The van der Waals surface area contributed by atoms with Crippen LogP contribution >= 0.6 is 0 Å². The van der Waals surface area contributed by atoms with Crippen LogP contribution in [-0.2, 0) is 4.74 Å². The molecule has 0 amide bonds. The Morgan fingerprint density at radius 1 is 1.16 bits per heavy atom. The molecule has 19 heavy (non-hydrogen) atoms. The number of rotatable bonds is 9. The lowest BCUT2D eigenvalue weighted by Crippen LogP contribution is -2.06. The van der Waals surface area contributed by atoms with Gasteiger partial charge in [-0.1, -0.05) is 51.0 Å². The summed E-state index contributed by atoms with van der Waals surface area (Å²) in [6, 6.07) is 7.99. The zero-order chi connectivity index (χ0) is 14.1. The fourth-order valence-corrected chi connectivity index (χ4v) is 2.31. The molecule has 0 bridgehead atoms. The van der Waals surface area contributed by atoms with Crippen LogP contribution in [0.4, 0.5) is 0 Å². The predicted molar refractivity (Wildman–Crippen MR) is 80.6 cm³/mol. The largest absolute Gasteiger partial charge is 0.496 e. The molecule has 0 aliphatic carbocycles. The van der Waals surface area contributed by atoms with Gasteiger partial charge in [-0.25, -0.2) is 0 Å². The molecule has 0 heterocycles. The molecule has 0 aliphatic rings. The highest BCUT2D eigenvalue weighted by Crippen LogP contribution is 2.33. The zero-order valence-electron chi connectivity index (χ0n) is 12.4. The second kappa shape index (κ2) is 8.76. The van der Waals surface area contributed by atoms with Crippen molar-refractivity contribution in [3.8, 4) is 5.75 Å². The van der Waals surface area contributed by atoms with Crippen molar-refractivity contribution in [1.29, 1.82) is 0 Å². The Bertz CT molecular complexity index is 385. The molecule has 0 radical (unpaired) electrons. The van der Waals surface area contributed by atoms with Crippen LogP contribution in [0.15, 0.2) is 36.4 Å². The summed E-state index contributed by atoms with van der Waals surface area (Å²) in [6.07, 6.45) is 5.93. The second-order valence-corrected chi connectivity index (χ2v) is 4.83. The van der Waals surface area contributed by atoms with Crippen LogP contribution in [-0.4, -0.2) is 14.2 Å².